The van der Waals surface area contributed by atoms with Gasteiger partial charge in [0, 0.05) is 17.9 Å². The highest BCUT2D eigenvalue weighted by Crippen LogP contribution is 2.19. The second-order valence-corrected chi connectivity index (χ2v) is 5.22. The standard InChI is InChI=1S/C17H22N2O4/c1-6-7-19-11(2)8-14(12(19)3)9-15(10-18)17(21)23-13(4)16(20)22-5/h8-9,13H,6-7H2,1-5H3/b15-9+/t13-/m0/s1. The number of esters is 2. The Hall–Kier alpha value is -2.55. The summed E-state index contributed by atoms with van der Waals surface area (Å²) in [5.74, 6) is -1.51. The van der Waals surface area contributed by atoms with E-state index in [1.165, 1.54) is 20.1 Å². The van der Waals surface area contributed by atoms with Crippen molar-refractivity contribution in [3.05, 3.63) is 28.6 Å². The molecule has 0 saturated heterocycles. The summed E-state index contributed by atoms with van der Waals surface area (Å²) < 4.78 is 11.6. The number of hydrogen-bond acceptors (Lipinski definition) is 5. The van der Waals surface area contributed by atoms with E-state index < -0.39 is 18.0 Å². The fraction of sp³-hybridized carbons (Fsp3) is 0.471. The van der Waals surface area contributed by atoms with E-state index in [0.29, 0.717) is 0 Å². The molecule has 0 bridgehead atoms. The number of rotatable bonds is 6. The summed E-state index contributed by atoms with van der Waals surface area (Å²) in [6, 6.07) is 3.74. The van der Waals surface area contributed by atoms with Crippen molar-refractivity contribution < 1.29 is 19.1 Å². The topological polar surface area (TPSA) is 81.3 Å². The Balaban J connectivity index is 3.04. The minimum Gasteiger partial charge on any atom is -0.466 e. The fourth-order valence-electron chi connectivity index (χ4n) is 2.27. The first-order chi connectivity index (χ1) is 10.8. The second-order valence-electron chi connectivity index (χ2n) is 5.22. The quantitative estimate of drug-likeness (QED) is 0.457. The van der Waals surface area contributed by atoms with Gasteiger partial charge in [0.2, 0.25) is 0 Å². The lowest BCUT2D eigenvalue weighted by molar-refractivity contribution is -0.161. The number of nitriles is 1. The van der Waals surface area contributed by atoms with Gasteiger partial charge in [-0.2, -0.15) is 5.26 Å². The van der Waals surface area contributed by atoms with Crippen LogP contribution in [0, 0.1) is 25.2 Å². The monoisotopic (exact) mass is 318 g/mol. The highest BCUT2D eigenvalue weighted by Gasteiger charge is 2.21. The fourth-order valence-corrected chi connectivity index (χ4v) is 2.27. The molecule has 0 N–H and O–H groups in total. The maximum Gasteiger partial charge on any atom is 0.349 e. The van der Waals surface area contributed by atoms with E-state index in [2.05, 4.69) is 16.2 Å². The molecule has 0 spiro atoms. The molecule has 1 rings (SSSR count). The lowest BCUT2D eigenvalue weighted by Gasteiger charge is -2.10. The van der Waals surface area contributed by atoms with E-state index >= 15 is 0 Å². The lowest BCUT2D eigenvalue weighted by Crippen LogP contribution is -2.25. The average molecular weight is 318 g/mol. The van der Waals surface area contributed by atoms with Crippen LogP contribution in [0.2, 0.25) is 0 Å². The maximum absolute atomic E-state index is 12.0. The molecule has 124 valence electrons. The van der Waals surface area contributed by atoms with E-state index in [9.17, 15) is 14.9 Å². The molecular weight excluding hydrogens is 296 g/mol. The summed E-state index contributed by atoms with van der Waals surface area (Å²) in [6.07, 6.45) is 1.42. The van der Waals surface area contributed by atoms with Crippen LogP contribution >= 0.6 is 0 Å². The van der Waals surface area contributed by atoms with Crippen molar-refractivity contribution in [2.45, 2.75) is 46.8 Å². The average Bonchev–Trinajstić information content (AvgIpc) is 2.79. The first-order valence-electron chi connectivity index (χ1n) is 7.43. The van der Waals surface area contributed by atoms with Crippen LogP contribution in [0.4, 0.5) is 0 Å². The molecule has 0 unspecified atom stereocenters. The molecule has 1 atom stereocenters. The number of nitrogens with zero attached hydrogens (tertiary/aromatic N) is 2. The Morgan fingerprint density at radius 3 is 2.61 bits per heavy atom. The second kappa shape index (κ2) is 8.18. The summed E-state index contributed by atoms with van der Waals surface area (Å²) in [4.78, 5) is 23.3. The summed E-state index contributed by atoms with van der Waals surface area (Å²) >= 11 is 0. The number of ether oxygens (including phenoxy) is 2. The molecule has 23 heavy (non-hydrogen) atoms. The summed E-state index contributed by atoms with van der Waals surface area (Å²) in [5.41, 5.74) is 2.67. The molecule has 0 aliphatic rings. The van der Waals surface area contributed by atoms with E-state index in [1.807, 2.05) is 26.0 Å². The van der Waals surface area contributed by atoms with Crippen molar-refractivity contribution in [3.8, 4) is 6.07 Å². The van der Waals surface area contributed by atoms with Crippen molar-refractivity contribution in [1.82, 2.24) is 4.57 Å². The van der Waals surface area contributed by atoms with Crippen LogP contribution in [0.3, 0.4) is 0 Å². The summed E-state index contributed by atoms with van der Waals surface area (Å²) in [7, 11) is 1.20. The number of aromatic nitrogens is 1. The number of methoxy groups -OCH3 is 1. The molecule has 0 radical (unpaired) electrons. The van der Waals surface area contributed by atoms with Gasteiger partial charge in [0.05, 0.1) is 7.11 Å². The molecule has 0 fully saturated rings. The third kappa shape index (κ3) is 4.46. The molecule has 0 amide bonds. The summed E-state index contributed by atoms with van der Waals surface area (Å²) in [5, 5.41) is 9.19. The van der Waals surface area contributed by atoms with Crippen LogP contribution in [-0.2, 0) is 25.6 Å². The first kappa shape index (κ1) is 18.5. The minimum atomic E-state index is -1.06. The van der Waals surface area contributed by atoms with Crippen LogP contribution in [0.15, 0.2) is 11.6 Å². The number of carbonyl (C=O) groups excluding carboxylic acids is 2. The summed E-state index contributed by atoms with van der Waals surface area (Å²) in [6.45, 7) is 8.26. The zero-order chi connectivity index (χ0) is 17.6. The van der Waals surface area contributed by atoms with E-state index in [4.69, 9.17) is 4.74 Å². The van der Waals surface area contributed by atoms with Crippen LogP contribution in [0.25, 0.3) is 6.08 Å². The van der Waals surface area contributed by atoms with Gasteiger partial charge in [-0.15, -0.1) is 0 Å². The van der Waals surface area contributed by atoms with Gasteiger partial charge in [0.25, 0.3) is 0 Å². The van der Waals surface area contributed by atoms with Crippen LogP contribution in [0.5, 0.6) is 0 Å². The zero-order valence-electron chi connectivity index (χ0n) is 14.2. The van der Waals surface area contributed by atoms with E-state index in [-0.39, 0.29) is 5.57 Å². The van der Waals surface area contributed by atoms with Crippen molar-refractivity contribution in [2.75, 3.05) is 7.11 Å². The van der Waals surface area contributed by atoms with Gasteiger partial charge in [-0.25, -0.2) is 9.59 Å². The van der Waals surface area contributed by atoms with Crippen LogP contribution in [-0.4, -0.2) is 29.7 Å². The lowest BCUT2D eigenvalue weighted by atomic mass is 10.1. The molecule has 0 aromatic carbocycles. The first-order valence-corrected chi connectivity index (χ1v) is 7.43. The maximum atomic E-state index is 12.0. The molecular formula is C17H22N2O4. The van der Waals surface area contributed by atoms with Crippen LogP contribution in [0.1, 0.15) is 37.2 Å². The number of hydrogen-bond donors (Lipinski definition) is 0. The van der Waals surface area contributed by atoms with Crippen molar-refractivity contribution >= 4 is 18.0 Å². The van der Waals surface area contributed by atoms with Gasteiger partial charge < -0.3 is 14.0 Å². The molecule has 1 heterocycles. The largest absolute Gasteiger partial charge is 0.466 e. The van der Waals surface area contributed by atoms with Crippen molar-refractivity contribution in [1.29, 1.82) is 5.26 Å². The predicted octanol–water partition coefficient (Wildman–Crippen LogP) is 2.53. The molecule has 0 aliphatic heterocycles. The molecule has 6 heteroatoms. The van der Waals surface area contributed by atoms with E-state index in [0.717, 1.165) is 29.9 Å². The molecule has 6 nitrogen and oxygen atoms in total. The smallest absolute Gasteiger partial charge is 0.349 e. The Labute approximate surface area is 136 Å². The van der Waals surface area contributed by atoms with Crippen molar-refractivity contribution in [2.24, 2.45) is 0 Å². The van der Waals surface area contributed by atoms with Gasteiger partial charge in [0.1, 0.15) is 11.6 Å². The van der Waals surface area contributed by atoms with Gasteiger partial charge >= 0.3 is 11.9 Å². The van der Waals surface area contributed by atoms with E-state index in [1.54, 1.807) is 0 Å². The van der Waals surface area contributed by atoms with Crippen LogP contribution < -0.4 is 0 Å². The normalized spacial score (nSPS) is 12.4. The Bertz CT molecular complexity index is 665. The third-order valence-electron chi connectivity index (χ3n) is 3.52. The van der Waals surface area contributed by atoms with Gasteiger partial charge in [-0.3, -0.25) is 0 Å². The molecule has 0 saturated carbocycles. The highest BCUT2D eigenvalue weighted by atomic mass is 16.6. The Kier molecular flexibility index (Phi) is 6.58. The third-order valence-corrected chi connectivity index (χ3v) is 3.52. The molecule has 0 aliphatic carbocycles. The Morgan fingerprint density at radius 1 is 1.43 bits per heavy atom. The minimum absolute atomic E-state index is 0.155. The number of aryl methyl sites for hydroxylation is 1. The zero-order valence-corrected chi connectivity index (χ0v) is 14.2. The SMILES string of the molecule is CCCn1c(C)cc(/C=C(\C#N)C(=O)O[C@@H](C)C(=O)OC)c1C. The highest BCUT2D eigenvalue weighted by molar-refractivity contribution is 5.99. The molecule has 1 aromatic heterocycles. The number of carbonyl (C=O) groups is 2. The molecule has 1 aromatic rings. The predicted molar refractivity (Wildman–Crippen MR) is 85.4 cm³/mol. The van der Waals surface area contributed by atoms with Gasteiger partial charge in [-0.05, 0) is 44.9 Å². The van der Waals surface area contributed by atoms with Crippen molar-refractivity contribution in [3.63, 3.8) is 0 Å². The Morgan fingerprint density at radius 2 is 2.09 bits per heavy atom. The van der Waals surface area contributed by atoms with Gasteiger partial charge in [0.15, 0.2) is 6.10 Å². The van der Waals surface area contributed by atoms with Gasteiger partial charge in [-0.1, -0.05) is 6.92 Å².